The van der Waals surface area contributed by atoms with Gasteiger partial charge in [-0.15, -0.1) is 0 Å². The molecule has 1 aromatic heterocycles. The first-order valence-corrected chi connectivity index (χ1v) is 7.91. The molecule has 0 saturated carbocycles. The highest BCUT2D eigenvalue weighted by Gasteiger charge is 2.26. The van der Waals surface area contributed by atoms with Crippen molar-refractivity contribution in [3.63, 3.8) is 0 Å². The van der Waals surface area contributed by atoms with Gasteiger partial charge >= 0.3 is 0 Å². The lowest BCUT2D eigenvalue weighted by Gasteiger charge is -2.27. The lowest BCUT2D eigenvalue weighted by atomic mass is 9.79. The summed E-state index contributed by atoms with van der Waals surface area (Å²) in [7, 11) is 0. The Balaban J connectivity index is 2.54. The fourth-order valence-corrected chi connectivity index (χ4v) is 2.44. The van der Waals surface area contributed by atoms with E-state index >= 15 is 0 Å². The van der Waals surface area contributed by atoms with Gasteiger partial charge in [0, 0.05) is 35.3 Å². The molecule has 0 fully saturated rings. The average Bonchev–Trinajstić information content (AvgIpc) is 2.44. The first-order chi connectivity index (χ1) is 10.6. The van der Waals surface area contributed by atoms with Crippen LogP contribution in [0.4, 0.5) is 5.69 Å². The van der Waals surface area contributed by atoms with E-state index < -0.39 is 0 Å². The molecule has 0 spiro atoms. The highest BCUT2D eigenvalue weighted by Crippen LogP contribution is 2.41. The first-order valence-electron chi connectivity index (χ1n) is 7.91. The zero-order valence-corrected chi connectivity index (χ0v) is 14.9. The molecule has 3 nitrogen and oxygen atoms in total. The number of hydrogen-bond donors (Lipinski definition) is 1. The molecule has 0 radical (unpaired) electrons. The average molecular weight is 310 g/mol. The molecule has 0 aliphatic heterocycles. The number of hydrogen-bond acceptors (Lipinski definition) is 3. The van der Waals surface area contributed by atoms with Crippen LogP contribution in [0.3, 0.4) is 0 Å². The maximum atomic E-state index is 10.7. The van der Waals surface area contributed by atoms with Crippen LogP contribution in [0, 0.1) is 0 Å². The molecular formula is C20H26N2O. The molecule has 0 aliphatic rings. The van der Waals surface area contributed by atoms with Crippen molar-refractivity contribution in [2.45, 2.75) is 52.4 Å². The molecule has 1 heterocycles. The predicted molar refractivity (Wildman–Crippen MR) is 97.0 cm³/mol. The summed E-state index contributed by atoms with van der Waals surface area (Å²) in [5.74, 6) is 0.380. The maximum Gasteiger partial charge on any atom is 0.123 e. The Morgan fingerprint density at radius 1 is 1.00 bits per heavy atom. The predicted octanol–water partition coefficient (Wildman–Crippen LogP) is 5.13. The molecular weight excluding hydrogens is 284 g/mol. The summed E-state index contributed by atoms with van der Waals surface area (Å²) >= 11 is 0. The molecule has 0 unspecified atom stereocenters. The van der Waals surface area contributed by atoms with Crippen molar-refractivity contribution in [2.75, 3.05) is 0 Å². The van der Waals surface area contributed by atoms with E-state index in [9.17, 15) is 5.11 Å². The molecule has 0 bridgehead atoms. The molecule has 122 valence electrons. The van der Waals surface area contributed by atoms with Crippen molar-refractivity contribution in [1.29, 1.82) is 0 Å². The minimum atomic E-state index is -0.149. The van der Waals surface area contributed by atoms with E-state index in [0.717, 1.165) is 22.4 Å². The van der Waals surface area contributed by atoms with Crippen LogP contribution in [-0.4, -0.2) is 16.3 Å². The van der Waals surface area contributed by atoms with Gasteiger partial charge in [-0.25, -0.2) is 0 Å². The fraction of sp³-hybridized carbons (Fsp3) is 0.400. The van der Waals surface area contributed by atoms with E-state index in [1.807, 2.05) is 24.3 Å². The van der Waals surface area contributed by atoms with Gasteiger partial charge in [0.15, 0.2) is 0 Å². The minimum absolute atomic E-state index is 0.149. The molecule has 0 saturated heterocycles. The molecule has 2 rings (SSSR count). The van der Waals surface area contributed by atoms with Gasteiger partial charge in [-0.1, -0.05) is 47.6 Å². The van der Waals surface area contributed by atoms with E-state index in [2.05, 4.69) is 51.5 Å². The summed E-state index contributed by atoms with van der Waals surface area (Å²) in [6.45, 7) is 12.6. The van der Waals surface area contributed by atoms with Gasteiger partial charge in [0.05, 0.1) is 5.69 Å². The summed E-state index contributed by atoms with van der Waals surface area (Å²) < 4.78 is 0. The monoisotopic (exact) mass is 310 g/mol. The van der Waals surface area contributed by atoms with Gasteiger partial charge in [-0.05, 0) is 29.0 Å². The normalized spacial score (nSPS) is 12.8. The van der Waals surface area contributed by atoms with Crippen LogP contribution < -0.4 is 0 Å². The first kappa shape index (κ1) is 17.2. The zero-order valence-electron chi connectivity index (χ0n) is 14.9. The third-order valence-corrected chi connectivity index (χ3v) is 3.76. The second-order valence-electron chi connectivity index (χ2n) is 7.93. The Bertz CT molecular complexity index is 670. The third kappa shape index (κ3) is 4.19. The summed E-state index contributed by atoms with van der Waals surface area (Å²) in [5, 5.41) is 10.7. The number of aromatic nitrogens is 1. The smallest absolute Gasteiger partial charge is 0.123 e. The zero-order chi connectivity index (χ0) is 17.3. The number of benzene rings is 1. The highest BCUT2D eigenvalue weighted by atomic mass is 16.3. The fourth-order valence-electron chi connectivity index (χ4n) is 2.44. The number of aliphatic imine (C=N–C) groups is 1. The van der Waals surface area contributed by atoms with E-state index in [1.54, 1.807) is 18.6 Å². The number of nitrogens with zero attached hydrogens (tertiary/aromatic N) is 2. The Hall–Kier alpha value is -2.16. The Labute approximate surface area is 139 Å². The van der Waals surface area contributed by atoms with E-state index in [1.165, 1.54) is 0 Å². The van der Waals surface area contributed by atoms with Gasteiger partial charge in [0.1, 0.15) is 5.75 Å². The van der Waals surface area contributed by atoms with Crippen LogP contribution in [-0.2, 0) is 10.8 Å². The van der Waals surface area contributed by atoms with Crippen LogP contribution in [0.25, 0.3) is 0 Å². The molecule has 2 aromatic rings. The van der Waals surface area contributed by atoms with Gasteiger partial charge in [0.2, 0.25) is 0 Å². The summed E-state index contributed by atoms with van der Waals surface area (Å²) in [6.07, 6.45) is 5.32. The van der Waals surface area contributed by atoms with E-state index in [0.29, 0.717) is 5.75 Å². The lowest BCUT2D eigenvalue weighted by molar-refractivity contribution is 0.423. The highest BCUT2D eigenvalue weighted by molar-refractivity contribution is 5.81. The number of rotatable bonds is 2. The van der Waals surface area contributed by atoms with Crippen LogP contribution in [0.2, 0.25) is 0 Å². The van der Waals surface area contributed by atoms with Crippen molar-refractivity contribution in [3.05, 3.63) is 53.3 Å². The van der Waals surface area contributed by atoms with E-state index in [4.69, 9.17) is 0 Å². The standard InChI is InChI=1S/C20H26N2O/c1-19(2,3)16-10-15(11-17(18(16)23)20(4,5)6)22-13-14-8-7-9-21-12-14/h7-13,23H,1-6H3. The quantitative estimate of drug-likeness (QED) is 0.781. The largest absolute Gasteiger partial charge is 0.507 e. The molecule has 0 amide bonds. The Morgan fingerprint density at radius 2 is 1.57 bits per heavy atom. The maximum absolute atomic E-state index is 10.7. The number of pyridine rings is 1. The Kier molecular flexibility index (Phi) is 4.60. The topological polar surface area (TPSA) is 45.5 Å². The van der Waals surface area contributed by atoms with Crippen LogP contribution in [0.1, 0.15) is 58.2 Å². The van der Waals surface area contributed by atoms with Gasteiger partial charge in [-0.3, -0.25) is 9.98 Å². The van der Waals surface area contributed by atoms with Crippen molar-refractivity contribution >= 4 is 11.9 Å². The molecule has 1 N–H and O–H groups in total. The second-order valence-corrected chi connectivity index (χ2v) is 7.93. The summed E-state index contributed by atoms with van der Waals surface area (Å²) in [5.41, 5.74) is 3.34. The molecule has 1 aromatic carbocycles. The van der Waals surface area contributed by atoms with Crippen LogP contribution >= 0.6 is 0 Å². The van der Waals surface area contributed by atoms with Gasteiger partial charge < -0.3 is 5.11 Å². The van der Waals surface area contributed by atoms with Crippen LogP contribution in [0.5, 0.6) is 5.75 Å². The molecule has 23 heavy (non-hydrogen) atoms. The number of aromatic hydroxyl groups is 1. The lowest BCUT2D eigenvalue weighted by Crippen LogP contribution is -2.16. The molecule has 0 atom stereocenters. The van der Waals surface area contributed by atoms with Crippen molar-refractivity contribution < 1.29 is 5.11 Å². The van der Waals surface area contributed by atoms with Crippen molar-refractivity contribution in [3.8, 4) is 5.75 Å². The summed E-state index contributed by atoms with van der Waals surface area (Å²) in [6, 6.07) is 7.79. The molecule has 0 aliphatic carbocycles. The van der Waals surface area contributed by atoms with Crippen LogP contribution in [0.15, 0.2) is 41.7 Å². The second kappa shape index (κ2) is 6.15. The van der Waals surface area contributed by atoms with Crippen molar-refractivity contribution in [1.82, 2.24) is 4.98 Å². The van der Waals surface area contributed by atoms with Gasteiger partial charge in [0.25, 0.3) is 0 Å². The number of phenols is 1. The van der Waals surface area contributed by atoms with E-state index in [-0.39, 0.29) is 10.8 Å². The Morgan fingerprint density at radius 3 is 2.00 bits per heavy atom. The third-order valence-electron chi connectivity index (χ3n) is 3.76. The SMILES string of the molecule is CC(C)(C)c1cc(N=Cc2cccnc2)cc(C(C)(C)C)c1O. The van der Waals surface area contributed by atoms with Gasteiger partial charge in [-0.2, -0.15) is 0 Å². The summed E-state index contributed by atoms with van der Waals surface area (Å²) in [4.78, 5) is 8.68. The van der Waals surface area contributed by atoms with Crippen molar-refractivity contribution in [2.24, 2.45) is 4.99 Å². The minimum Gasteiger partial charge on any atom is -0.507 e. The molecule has 3 heteroatoms. The number of phenolic OH excluding ortho intramolecular Hbond substituents is 1.